The number of hydrogen-bond donors (Lipinski definition) is 1. The molecule has 0 fully saturated rings. The van der Waals surface area contributed by atoms with Crippen LogP contribution in [0.4, 0.5) is 14.5 Å². The normalized spacial score (nSPS) is 15.7. The molecule has 0 spiro atoms. The summed E-state index contributed by atoms with van der Waals surface area (Å²) in [5, 5.41) is 2.56. The molecule has 1 N–H and O–H groups in total. The summed E-state index contributed by atoms with van der Waals surface area (Å²) in [6.45, 7) is 0. The zero-order valence-corrected chi connectivity index (χ0v) is 12.8. The Balaban J connectivity index is 1.86. The molecule has 3 rings (SSSR count). The van der Waals surface area contributed by atoms with Crippen LogP contribution in [0.5, 0.6) is 0 Å². The van der Waals surface area contributed by atoms with Crippen LogP contribution in [0.15, 0.2) is 41.3 Å². The number of anilines is 1. The molecule has 23 heavy (non-hydrogen) atoms. The van der Waals surface area contributed by atoms with E-state index in [-0.39, 0.29) is 16.2 Å². The molecule has 0 radical (unpaired) electrons. The molecule has 0 saturated carbocycles. The molecule has 0 saturated heterocycles. The Labute approximate surface area is 132 Å². The van der Waals surface area contributed by atoms with Gasteiger partial charge < -0.3 is 5.32 Å². The lowest BCUT2D eigenvalue weighted by molar-refractivity contribution is 0.102. The van der Waals surface area contributed by atoms with Crippen LogP contribution in [0.2, 0.25) is 0 Å². The molecule has 1 amide bonds. The molecule has 2 aromatic carbocycles. The Morgan fingerprint density at radius 2 is 1.83 bits per heavy atom. The van der Waals surface area contributed by atoms with Crippen molar-refractivity contribution in [3.63, 3.8) is 0 Å². The first kappa shape index (κ1) is 15.6. The van der Waals surface area contributed by atoms with E-state index in [0.29, 0.717) is 24.1 Å². The van der Waals surface area contributed by atoms with E-state index >= 15 is 0 Å². The summed E-state index contributed by atoms with van der Waals surface area (Å²) in [5.41, 5.74) is 1.05. The van der Waals surface area contributed by atoms with Gasteiger partial charge in [0.25, 0.3) is 5.91 Å². The molecule has 0 aliphatic carbocycles. The molecule has 1 aliphatic rings. The van der Waals surface area contributed by atoms with Crippen molar-refractivity contribution in [2.24, 2.45) is 0 Å². The highest BCUT2D eigenvalue weighted by molar-refractivity contribution is 7.91. The highest BCUT2D eigenvalue weighted by Gasteiger charge is 2.23. The number of aryl methyl sites for hydroxylation is 1. The summed E-state index contributed by atoms with van der Waals surface area (Å²) in [7, 11) is -3.25. The molecule has 1 heterocycles. The lowest BCUT2D eigenvalue weighted by Gasteiger charge is -2.17. The van der Waals surface area contributed by atoms with Crippen molar-refractivity contribution in [2.45, 2.75) is 17.7 Å². The van der Waals surface area contributed by atoms with Crippen molar-refractivity contribution in [1.29, 1.82) is 0 Å². The van der Waals surface area contributed by atoms with Crippen molar-refractivity contribution >= 4 is 21.4 Å². The van der Waals surface area contributed by atoms with Gasteiger partial charge in [-0.3, -0.25) is 4.79 Å². The fourth-order valence-corrected chi connectivity index (χ4v) is 4.14. The van der Waals surface area contributed by atoms with E-state index < -0.39 is 27.4 Å². The van der Waals surface area contributed by atoms with E-state index in [9.17, 15) is 22.0 Å². The second-order valence-electron chi connectivity index (χ2n) is 5.33. The molecule has 2 aromatic rings. The van der Waals surface area contributed by atoms with Crippen LogP contribution in [0.1, 0.15) is 22.3 Å². The number of benzene rings is 2. The minimum Gasteiger partial charge on any atom is -0.322 e. The van der Waals surface area contributed by atoms with Gasteiger partial charge in [0.15, 0.2) is 21.5 Å². The number of sulfone groups is 1. The van der Waals surface area contributed by atoms with Gasteiger partial charge in [0.1, 0.15) is 0 Å². The van der Waals surface area contributed by atoms with Crippen molar-refractivity contribution in [2.75, 3.05) is 11.1 Å². The summed E-state index contributed by atoms with van der Waals surface area (Å²) in [6.07, 6.45) is 1.15. The zero-order chi connectivity index (χ0) is 16.6. The van der Waals surface area contributed by atoms with Gasteiger partial charge in [-0.2, -0.15) is 0 Å². The van der Waals surface area contributed by atoms with Crippen LogP contribution in [-0.4, -0.2) is 20.1 Å². The summed E-state index contributed by atoms with van der Waals surface area (Å²) >= 11 is 0. The van der Waals surface area contributed by atoms with Crippen LogP contribution >= 0.6 is 0 Å². The molecule has 120 valence electrons. The van der Waals surface area contributed by atoms with E-state index in [4.69, 9.17) is 0 Å². The van der Waals surface area contributed by atoms with E-state index in [1.807, 2.05) is 0 Å². The van der Waals surface area contributed by atoms with Crippen LogP contribution in [0.3, 0.4) is 0 Å². The molecular weight excluding hydrogens is 324 g/mol. The fraction of sp³-hybridized carbons (Fsp3) is 0.188. The van der Waals surface area contributed by atoms with Crippen molar-refractivity contribution in [3.8, 4) is 0 Å². The standard InChI is InChI=1S/C16H13F2NO3S/c17-13-5-3-11(9-14(13)18)16(20)19-12-4-6-15-10(8-12)2-1-7-23(15,21)22/h3-6,8-9H,1-2,7H2,(H,19,20). The van der Waals surface area contributed by atoms with Gasteiger partial charge in [-0.25, -0.2) is 17.2 Å². The minimum atomic E-state index is -3.25. The second kappa shape index (κ2) is 5.73. The maximum Gasteiger partial charge on any atom is 0.255 e. The number of carbonyl (C=O) groups is 1. The summed E-state index contributed by atoms with van der Waals surface area (Å²) < 4.78 is 49.9. The van der Waals surface area contributed by atoms with Gasteiger partial charge >= 0.3 is 0 Å². The van der Waals surface area contributed by atoms with Gasteiger partial charge in [-0.1, -0.05) is 0 Å². The maximum atomic E-state index is 13.2. The van der Waals surface area contributed by atoms with Crippen molar-refractivity contribution in [1.82, 2.24) is 0 Å². The Hall–Kier alpha value is -2.28. The van der Waals surface area contributed by atoms with E-state index in [1.54, 1.807) is 6.07 Å². The molecule has 1 aliphatic heterocycles. The number of amides is 1. The predicted octanol–water partition coefficient (Wildman–Crippen LogP) is 2.94. The smallest absolute Gasteiger partial charge is 0.255 e. The third kappa shape index (κ3) is 3.10. The topological polar surface area (TPSA) is 63.2 Å². The molecule has 0 aromatic heterocycles. The highest BCUT2D eigenvalue weighted by Crippen LogP contribution is 2.27. The molecule has 0 bridgehead atoms. The van der Waals surface area contributed by atoms with Gasteiger partial charge in [0.05, 0.1) is 10.6 Å². The Morgan fingerprint density at radius 1 is 1.04 bits per heavy atom. The lowest BCUT2D eigenvalue weighted by atomic mass is 10.1. The largest absolute Gasteiger partial charge is 0.322 e. The third-order valence-electron chi connectivity index (χ3n) is 3.69. The SMILES string of the molecule is O=C(Nc1ccc2c(c1)CCCS2(=O)=O)c1ccc(F)c(F)c1. The monoisotopic (exact) mass is 337 g/mol. The molecule has 0 unspecified atom stereocenters. The average molecular weight is 337 g/mol. The first-order valence-electron chi connectivity index (χ1n) is 6.99. The summed E-state index contributed by atoms with van der Waals surface area (Å²) in [5.74, 6) is -2.60. The summed E-state index contributed by atoms with van der Waals surface area (Å²) in [4.78, 5) is 12.3. The van der Waals surface area contributed by atoms with Crippen LogP contribution in [-0.2, 0) is 16.3 Å². The molecule has 0 atom stereocenters. The number of halogens is 2. The first-order valence-corrected chi connectivity index (χ1v) is 8.64. The van der Waals surface area contributed by atoms with Gasteiger partial charge in [-0.15, -0.1) is 0 Å². The highest BCUT2D eigenvalue weighted by atomic mass is 32.2. The number of rotatable bonds is 2. The maximum absolute atomic E-state index is 13.2. The quantitative estimate of drug-likeness (QED) is 0.916. The Kier molecular flexibility index (Phi) is 3.89. The molecule has 4 nitrogen and oxygen atoms in total. The number of hydrogen-bond acceptors (Lipinski definition) is 3. The van der Waals surface area contributed by atoms with Crippen LogP contribution in [0.25, 0.3) is 0 Å². The molecule has 7 heteroatoms. The van der Waals surface area contributed by atoms with Crippen molar-refractivity contribution in [3.05, 3.63) is 59.2 Å². The number of carbonyl (C=O) groups excluding carboxylic acids is 1. The predicted molar refractivity (Wildman–Crippen MR) is 81.1 cm³/mol. The molecular formula is C16H13F2NO3S. The van der Waals surface area contributed by atoms with Gasteiger partial charge in [0.2, 0.25) is 0 Å². The first-order chi connectivity index (χ1) is 10.9. The van der Waals surface area contributed by atoms with Gasteiger partial charge in [0, 0.05) is 11.3 Å². The van der Waals surface area contributed by atoms with Crippen LogP contribution < -0.4 is 5.32 Å². The van der Waals surface area contributed by atoms with E-state index in [0.717, 1.165) is 12.1 Å². The lowest BCUT2D eigenvalue weighted by Crippen LogP contribution is -2.17. The van der Waals surface area contributed by atoms with E-state index in [2.05, 4.69) is 5.32 Å². The third-order valence-corrected chi connectivity index (χ3v) is 5.59. The van der Waals surface area contributed by atoms with Crippen molar-refractivity contribution < 1.29 is 22.0 Å². The van der Waals surface area contributed by atoms with Gasteiger partial charge in [-0.05, 0) is 54.8 Å². The number of nitrogens with one attached hydrogen (secondary N) is 1. The zero-order valence-electron chi connectivity index (χ0n) is 12.0. The second-order valence-corrected chi connectivity index (χ2v) is 7.41. The number of fused-ring (bicyclic) bond motifs is 1. The fourth-order valence-electron chi connectivity index (χ4n) is 2.56. The average Bonchev–Trinajstić information content (AvgIpc) is 2.49. The van der Waals surface area contributed by atoms with E-state index in [1.165, 1.54) is 18.2 Å². The van der Waals surface area contributed by atoms with Crippen LogP contribution in [0, 0.1) is 11.6 Å². The Morgan fingerprint density at radius 3 is 2.57 bits per heavy atom. The summed E-state index contributed by atoms with van der Waals surface area (Å²) in [6, 6.07) is 7.42. The minimum absolute atomic E-state index is 0.0192. The Bertz CT molecular complexity index is 894.